The topological polar surface area (TPSA) is 168 Å². The van der Waals surface area contributed by atoms with Gasteiger partial charge in [-0.1, -0.05) is 11.6 Å². The molecule has 58 heavy (non-hydrogen) atoms. The molecule has 1 fully saturated rings. The van der Waals surface area contributed by atoms with Crippen molar-refractivity contribution in [1.82, 2.24) is 39.4 Å². The van der Waals surface area contributed by atoms with Crippen molar-refractivity contribution in [2.24, 2.45) is 13.0 Å². The number of carbonyl (C=O) groups is 1. The lowest BCUT2D eigenvalue weighted by Gasteiger charge is -2.24. The van der Waals surface area contributed by atoms with Crippen LogP contribution in [0.1, 0.15) is 60.1 Å². The summed E-state index contributed by atoms with van der Waals surface area (Å²) >= 11 is 6.57. The Morgan fingerprint density at radius 3 is 2.48 bits per heavy atom. The molecule has 2 N–H and O–H groups in total. The number of sulfonamides is 1. The summed E-state index contributed by atoms with van der Waals surface area (Å²) in [6.45, 7) is 0.886. The molecule has 1 unspecified atom stereocenters. The minimum absolute atomic E-state index is 0.00533. The van der Waals surface area contributed by atoms with Gasteiger partial charge in [0.2, 0.25) is 21.8 Å². The molecule has 0 saturated heterocycles. The Kier molecular flexibility index (Phi) is 9.44. The van der Waals surface area contributed by atoms with Gasteiger partial charge in [-0.15, -0.1) is 0 Å². The van der Waals surface area contributed by atoms with Crippen LogP contribution in [-0.4, -0.2) is 61.3 Å². The molecule has 22 heteroatoms. The van der Waals surface area contributed by atoms with E-state index in [-0.39, 0.29) is 74.3 Å². The van der Waals surface area contributed by atoms with Gasteiger partial charge in [0.25, 0.3) is 17.9 Å². The van der Waals surface area contributed by atoms with Gasteiger partial charge >= 0.3 is 0 Å². The van der Waals surface area contributed by atoms with Gasteiger partial charge in [-0.25, -0.2) is 31.0 Å². The van der Waals surface area contributed by atoms with Gasteiger partial charge in [0.15, 0.2) is 11.5 Å². The number of nitrogens with zero attached hydrogens (tertiary/aromatic N) is 7. The van der Waals surface area contributed by atoms with Crippen LogP contribution in [-0.2, 0) is 40.8 Å². The Bertz CT molecular complexity index is 2850. The normalized spacial score (nSPS) is 17.4. The van der Waals surface area contributed by atoms with Crippen LogP contribution < -0.4 is 20.3 Å². The first-order valence-electron chi connectivity index (χ1n) is 17.6. The smallest absolute Gasteiger partial charge is 0.293 e. The minimum Gasteiger partial charge on any atom is -0.478 e. The lowest BCUT2D eigenvalue weighted by Crippen LogP contribution is -2.38. The van der Waals surface area contributed by atoms with E-state index in [0.717, 1.165) is 23.0 Å². The van der Waals surface area contributed by atoms with Gasteiger partial charge in [-0.3, -0.25) is 28.2 Å². The molecule has 2 aromatic carbocycles. The minimum atomic E-state index is -3.90. The number of carbonyl (C=O) groups excluding carboxylic acids is 1. The van der Waals surface area contributed by atoms with Crippen molar-refractivity contribution in [3.8, 4) is 11.6 Å². The predicted octanol–water partition coefficient (Wildman–Crippen LogP) is 5.81. The maximum atomic E-state index is 15.4. The summed E-state index contributed by atoms with van der Waals surface area (Å²) in [5, 5.41) is 10.6. The van der Waals surface area contributed by atoms with Gasteiger partial charge in [0, 0.05) is 37.1 Å². The highest BCUT2D eigenvalue weighted by Gasteiger charge is 2.67. The van der Waals surface area contributed by atoms with Crippen LogP contribution in [0.4, 0.5) is 32.2 Å². The van der Waals surface area contributed by atoms with Crippen LogP contribution in [0, 0.1) is 17.6 Å². The lowest BCUT2D eigenvalue weighted by atomic mass is 10.0. The number of pyridine rings is 1. The van der Waals surface area contributed by atoms with E-state index in [4.69, 9.17) is 16.3 Å². The second-order valence-electron chi connectivity index (χ2n) is 14.0. The zero-order chi connectivity index (χ0) is 41.6. The molecule has 2 aliphatic carbocycles. The van der Waals surface area contributed by atoms with Crippen molar-refractivity contribution in [3.63, 3.8) is 0 Å². The van der Waals surface area contributed by atoms with Crippen molar-refractivity contribution >= 4 is 55.3 Å². The number of rotatable bonds is 12. The molecule has 1 saturated carbocycles. The van der Waals surface area contributed by atoms with Crippen LogP contribution in [0.5, 0.6) is 5.88 Å². The van der Waals surface area contributed by atoms with Crippen LogP contribution >= 0.6 is 11.6 Å². The number of halogens is 7. The number of fused-ring (bicyclic) bond motifs is 5. The predicted molar refractivity (Wildman–Crippen MR) is 197 cm³/mol. The first kappa shape index (κ1) is 39.1. The fourth-order valence-electron chi connectivity index (χ4n) is 7.67. The van der Waals surface area contributed by atoms with E-state index in [2.05, 4.69) is 30.2 Å². The Morgan fingerprint density at radius 1 is 1.09 bits per heavy atom. The molecule has 3 atom stereocenters. The fourth-order valence-corrected chi connectivity index (χ4v) is 8.41. The van der Waals surface area contributed by atoms with Gasteiger partial charge in [-0.05, 0) is 55.2 Å². The number of hydrogen-bond acceptors (Lipinski definition) is 9. The van der Waals surface area contributed by atoms with Crippen LogP contribution in [0.2, 0.25) is 5.02 Å². The number of alkyl halides is 4. The van der Waals surface area contributed by atoms with Crippen molar-refractivity contribution in [1.29, 1.82) is 0 Å². The number of ether oxygens (including phenoxy) is 1. The largest absolute Gasteiger partial charge is 0.478 e. The quantitative estimate of drug-likeness (QED) is 0.145. The number of aryl methyl sites for hydroxylation is 1. The van der Waals surface area contributed by atoms with Gasteiger partial charge in [0.1, 0.15) is 35.4 Å². The van der Waals surface area contributed by atoms with Crippen molar-refractivity contribution in [2.75, 3.05) is 17.6 Å². The van der Waals surface area contributed by atoms with E-state index in [1.165, 1.54) is 36.0 Å². The summed E-state index contributed by atoms with van der Waals surface area (Å²) in [4.78, 5) is 37.7. The van der Waals surface area contributed by atoms with Gasteiger partial charge in [-0.2, -0.15) is 24.0 Å². The van der Waals surface area contributed by atoms with Gasteiger partial charge < -0.3 is 10.1 Å². The maximum Gasteiger partial charge on any atom is 0.293 e. The molecule has 2 aliphatic rings. The monoisotopic (exact) mass is 849 g/mol. The number of benzene rings is 2. The lowest BCUT2D eigenvalue weighted by molar-refractivity contribution is -0.123. The highest BCUT2D eigenvalue weighted by atomic mass is 35.5. The average Bonchev–Trinajstić information content (AvgIpc) is 3.66. The molecule has 14 nitrogen and oxygen atoms in total. The highest BCUT2D eigenvalue weighted by molar-refractivity contribution is 7.92. The number of nitrogens with one attached hydrogen (secondary N) is 2. The second kappa shape index (κ2) is 14.0. The summed E-state index contributed by atoms with van der Waals surface area (Å²) in [6, 6.07) is 6.54. The average molecular weight is 850 g/mol. The van der Waals surface area contributed by atoms with Crippen LogP contribution in [0.3, 0.4) is 0 Å². The maximum absolute atomic E-state index is 15.4. The summed E-state index contributed by atoms with van der Waals surface area (Å²) in [5.41, 5.74) is -2.89. The summed E-state index contributed by atoms with van der Waals surface area (Å²) in [5.74, 6) is -9.06. The fraction of sp³-hybridized carbons (Fsp3) is 0.333. The van der Waals surface area contributed by atoms with Crippen LogP contribution in [0.15, 0.2) is 47.3 Å². The zero-order valence-corrected chi connectivity index (χ0v) is 32.0. The third-order valence-corrected chi connectivity index (χ3v) is 10.8. The molecule has 4 aromatic heterocycles. The van der Waals surface area contributed by atoms with E-state index in [1.54, 1.807) is 6.92 Å². The molecule has 4 heterocycles. The van der Waals surface area contributed by atoms with Crippen molar-refractivity contribution in [2.45, 2.75) is 50.6 Å². The first-order valence-corrected chi connectivity index (χ1v) is 19.8. The van der Waals surface area contributed by atoms with Crippen molar-refractivity contribution in [3.05, 3.63) is 97.8 Å². The summed E-state index contributed by atoms with van der Waals surface area (Å²) in [6.07, 6.45) is -2.80. The molecular formula is C36H30ClF6N9O5S. The third-order valence-electron chi connectivity index (χ3n) is 9.93. The molecule has 0 radical (unpaired) electrons. The molecule has 0 aliphatic heterocycles. The molecule has 0 spiro atoms. The van der Waals surface area contributed by atoms with E-state index in [0.29, 0.717) is 10.7 Å². The molecule has 6 aromatic rings. The third kappa shape index (κ3) is 6.78. The summed E-state index contributed by atoms with van der Waals surface area (Å²) < 4.78 is 123. The summed E-state index contributed by atoms with van der Waals surface area (Å²) in [7, 11) is -2.46. The zero-order valence-electron chi connectivity index (χ0n) is 30.4. The van der Waals surface area contributed by atoms with Crippen molar-refractivity contribution < 1.29 is 44.3 Å². The molecule has 304 valence electrons. The Morgan fingerprint density at radius 2 is 1.81 bits per heavy atom. The molecule has 8 rings (SSSR count). The number of hydrogen-bond donors (Lipinski definition) is 2. The highest BCUT2D eigenvalue weighted by Crippen LogP contribution is 2.68. The number of amides is 1. The first-order chi connectivity index (χ1) is 27.4. The van der Waals surface area contributed by atoms with Crippen LogP contribution in [0.25, 0.3) is 27.6 Å². The van der Waals surface area contributed by atoms with E-state index in [1.807, 2.05) is 0 Å². The molecule has 1 amide bonds. The van der Waals surface area contributed by atoms with E-state index in [9.17, 15) is 35.6 Å². The second-order valence-corrected chi connectivity index (χ2v) is 16.1. The molecular weight excluding hydrogens is 820 g/mol. The number of aromatic nitrogens is 7. The Balaban J connectivity index is 1.33. The standard InChI is InChI=1S/C36H30ClF6N9O5S/c1-4-57-25-8-5-18-32(45-25)46-34(52(35(18)54)23-7-6-21(37)27-29(23)50(2)48-33(27)49-58(3,55)56)22(11-15-9-16(38)12-17(39)10-15)44-24(53)14-51-30-26(28(47-51)31(40)41)19-13-20(19)36(30,42)43/h5-10,12,19-20,22,31H,4,11,13-14H2,1-3H3,(H,44,53)(H,48,49)/t19-,20+,22?/m0/s1. The Labute approximate surface area is 328 Å². The Hall–Kier alpha value is -5.70. The SMILES string of the molecule is CCOc1ccc2c(=O)n(-c3ccc(Cl)c4c(NS(C)(=O)=O)nn(C)c34)c(C(Cc3cc(F)cc(F)c3)NC(=O)Cn3nc(C(F)F)c4c3C(F)(F)[C@@H]3C[C@H]43)nc2n1. The van der Waals surface area contributed by atoms with E-state index >= 15 is 8.78 Å². The van der Waals surface area contributed by atoms with Gasteiger partial charge in [0.05, 0.1) is 45.9 Å². The van der Waals surface area contributed by atoms with E-state index < -0.39 is 87.7 Å². The number of anilines is 1. The molecule has 0 bridgehead atoms.